The van der Waals surface area contributed by atoms with E-state index in [1.54, 1.807) is 0 Å². The quantitative estimate of drug-likeness (QED) is 0.271. The van der Waals surface area contributed by atoms with Gasteiger partial charge in [0.2, 0.25) is 0 Å². The molecule has 2 heterocycles. The predicted octanol–water partition coefficient (Wildman–Crippen LogP) is 7.50. The summed E-state index contributed by atoms with van der Waals surface area (Å²) >= 11 is 0. The van der Waals surface area contributed by atoms with E-state index >= 15 is 0 Å². The van der Waals surface area contributed by atoms with Crippen LogP contribution in [-0.4, -0.2) is 19.1 Å². The molecule has 36 heavy (non-hydrogen) atoms. The molecular weight excluding hydrogens is 440 g/mol. The zero-order chi connectivity index (χ0) is 23.9. The monoisotopic (exact) mass is 464 g/mol. The maximum atomic E-state index is 5.05. The molecule has 6 aromatic rings. The highest BCUT2D eigenvalue weighted by molar-refractivity contribution is 5.83. The molecule has 4 aromatic carbocycles. The normalized spacial score (nSPS) is 12.7. The summed E-state index contributed by atoms with van der Waals surface area (Å²) in [6.45, 7) is 0. The van der Waals surface area contributed by atoms with Crippen molar-refractivity contribution >= 4 is 17.1 Å². The minimum absolute atomic E-state index is 0.933. The summed E-state index contributed by atoms with van der Waals surface area (Å²) in [5.41, 5.74) is 8.83. The van der Waals surface area contributed by atoms with Crippen LogP contribution in [-0.2, 0) is 6.42 Å². The second-order valence-corrected chi connectivity index (χ2v) is 9.05. The van der Waals surface area contributed by atoms with Crippen LogP contribution >= 0.6 is 0 Å². The molecule has 4 nitrogen and oxygen atoms in total. The first kappa shape index (κ1) is 20.7. The molecular formula is C32H24N4. The molecule has 4 heteroatoms. The van der Waals surface area contributed by atoms with E-state index in [0.717, 1.165) is 63.7 Å². The fourth-order valence-corrected chi connectivity index (χ4v) is 5.13. The smallest absolute Gasteiger partial charge is 0.145 e. The van der Waals surface area contributed by atoms with Crippen molar-refractivity contribution in [1.29, 1.82) is 0 Å². The van der Waals surface area contributed by atoms with Gasteiger partial charge >= 0.3 is 0 Å². The number of nitrogens with zero attached hydrogens (tertiary/aromatic N) is 4. The molecule has 0 atom stereocenters. The van der Waals surface area contributed by atoms with Crippen LogP contribution in [0.15, 0.2) is 115 Å². The molecule has 0 radical (unpaired) electrons. The van der Waals surface area contributed by atoms with Crippen LogP contribution < -0.4 is 0 Å². The van der Waals surface area contributed by atoms with E-state index in [1.165, 1.54) is 5.69 Å². The van der Waals surface area contributed by atoms with Crippen LogP contribution in [0.5, 0.6) is 0 Å². The van der Waals surface area contributed by atoms with Crippen molar-refractivity contribution in [2.45, 2.75) is 12.8 Å². The summed E-state index contributed by atoms with van der Waals surface area (Å²) in [5.74, 6) is 1.91. The number of aromatic nitrogens is 4. The maximum Gasteiger partial charge on any atom is 0.145 e. The van der Waals surface area contributed by atoms with E-state index < -0.39 is 0 Å². The Labute approximate surface area is 209 Å². The summed E-state index contributed by atoms with van der Waals surface area (Å²) in [4.78, 5) is 10.1. The van der Waals surface area contributed by atoms with E-state index in [9.17, 15) is 0 Å². The van der Waals surface area contributed by atoms with Crippen LogP contribution in [0.3, 0.4) is 0 Å². The molecule has 0 amide bonds. The zero-order valence-corrected chi connectivity index (χ0v) is 19.8. The van der Waals surface area contributed by atoms with Gasteiger partial charge in [-0.25, -0.2) is 9.97 Å². The van der Waals surface area contributed by atoms with Gasteiger partial charge in [0.05, 0.1) is 22.4 Å². The zero-order valence-electron chi connectivity index (χ0n) is 19.8. The average molecular weight is 465 g/mol. The molecule has 1 aliphatic rings. The van der Waals surface area contributed by atoms with Crippen LogP contribution in [0, 0.1) is 0 Å². The molecule has 7 rings (SSSR count). The minimum Gasteiger partial charge on any atom is -0.296 e. The van der Waals surface area contributed by atoms with Crippen molar-refractivity contribution < 1.29 is 0 Å². The lowest BCUT2D eigenvalue weighted by atomic mass is 10.1. The SMILES string of the molecule is C1=Cc2nc(-c3ccc(-c4nc5ccccc5n4-c4ccccc4)cc3)n(-c3ccccc3)c2CC1. The number of rotatable bonds is 4. The van der Waals surface area contributed by atoms with Gasteiger partial charge in [0.1, 0.15) is 11.6 Å². The van der Waals surface area contributed by atoms with Crippen molar-refractivity contribution in [2.24, 2.45) is 0 Å². The average Bonchev–Trinajstić information content (AvgIpc) is 3.53. The molecule has 0 spiro atoms. The molecule has 0 N–H and O–H groups in total. The van der Waals surface area contributed by atoms with Gasteiger partial charge in [-0.15, -0.1) is 0 Å². The Morgan fingerprint density at radius 1 is 0.556 bits per heavy atom. The van der Waals surface area contributed by atoms with E-state index in [-0.39, 0.29) is 0 Å². The topological polar surface area (TPSA) is 35.6 Å². The number of fused-ring (bicyclic) bond motifs is 2. The van der Waals surface area contributed by atoms with Gasteiger partial charge in [-0.1, -0.05) is 78.9 Å². The molecule has 0 saturated carbocycles. The maximum absolute atomic E-state index is 5.05. The highest BCUT2D eigenvalue weighted by Crippen LogP contribution is 2.33. The number of para-hydroxylation sites is 4. The van der Waals surface area contributed by atoms with Crippen LogP contribution in [0.1, 0.15) is 17.8 Å². The first-order valence-electron chi connectivity index (χ1n) is 12.3. The lowest BCUT2D eigenvalue weighted by Crippen LogP contribution is -2.04. The second kappa shape index (κ2) is 8.51. The van der Waals surface area contributed by atoms with E-state index in [1.807, 2.05) is 12.1 Å². The van der Waals surface area contributed by atoms with E-state index in [4.69, 9.17) is 9.97 Å². The largest absolute Gasteiger partial charge is 0.296 e. The summed E-state index contributed by atoms with van der Waals surface area (Å²) in [5, 5.41) is 0. The molecule has 0 fully saturated rings. The summed E-state index contributed by atoms with van der Waals surface area (Å²) in [7, 11) is 0. The molecule has 0 bridgehead atoms. The first-order valence-corrected chi connectivity index (χ1v) is 12.3. The molecule has 0 unspecified atom stereocenters. The molecule has 2 aromatic heterocycles. The Hall–Kier alpha value is -4.70. The van der Waals surface area contributed by atoms with Crippen LogP contribution in [0.2, 0.25) is 0 Å². The van der Waals surface area contributed by atoms with Crippen molar-refractivity contribution in [3.8, 4) is 34.2 Å². The summed E-state index contributed by atoms with van der Waals surface area (Å²) < 4.78 is 4.55. The minimum atomic E-state index is 0.933. The van der Waals surface area contributed by atoms with Crippen LogP contribution in [0.25, 0.3) is 51.3 Å². The van der Waals surface area contributed by atoms with Crippen molar-refractivity contribution in [3.05, 3.63) is 127 Å². The summed E-state index contributed by atoms with van der Waals surface area (Å²) in [6.07, 6.45) is 6.40. The van der Waals surface area contributed by atoms with Gasteiger partial charge in [0.25, 0.3) is 0 Å². The Balaban J connectivity index is 1.37. The van der Waals surface area contributed by atoms with Crippen molar-refractivity contribution in [2.75, 3.05) is 0 Å². The number of hydrogen-bond acceptors (Lipinski definition) is 2. The fourth-order valence-electron chi connectivity index (χ4n) is 5.13. The molecule has 172 valence electrons. The van der Waals surface area contributed by atoms with Gasteiger partial charge in [-0.2, -0.15) is 0 Å². The number of allylic oxidation sites excluding steroid dienone is 1. The van der Waals surface area contributed by atoms with E-state index in [2.05, 4.69) is 118 Å². The molecule has 0 aliphatic heterocycles. The number of benzene rings is 4. The van der Waals surface area contributed by atoms with Crippen molar-refractivity contribution in [3.63, 3.8) is 0 Å². The Kier molecular flexibility index (Phi) is 4.88. The highest BCUT2D eigenvalue weighted by atomic mass is 15.1. The third-order valence-corrected chi connectivity index (χ3v) is 6.82. The number of imidazole rings is 2. The third kappa shape index (κ3) is 3.38. The van der Waals surface area contributed by atoms with Crippen LogP contribution in [0.4, 0.5) is 0 Å². The predicted molar refractivity (Wildman–Crippen MR) is 146 cm³/mol. The Morgan fingerprint density at radius 3 is 1.83 bits per heavy atom. The van der Waals surface area contributed by atoms with Crippen molar-refractivity contribution in [1.82, 2.24) is 19.1 Å². The van der Waals surface area contributed by atoms with Gasteiger partial charge in [0, 0.05) is 22.5 Å². The highest BCUT2D eigenvalue weighted by Gasteiger charge is 2.20. The number of hydrogen-bond donors (Lipinski definition) is 0. The van der Waals surface area contributed by atoms with E-state index in [0.29, 0.717) is 0 Å². The van der Waals surface area contributed by atoms with Gasteiger partial charge in [-0.05, 0) is 55.3 Å². The summed E-state index contributed by atoms with van der Waals surface area (Å²) in [6, 6.07) is 37.9. The van der Waals surface area contributed by atoms with Gasteiger partial charge in [0.15, 0.2) is 0 Å². The molecule has 1 aliphatic carbocycles. The first-order chi connectivity index (χ1) is 17.9. The van der Waals surface area contributed by atoms with Gasteiger partial charge < -0.3 is 0 Å². The molecule has 0 saturated heterocycles. The Morgan fingerprint density at radius 2 is 1.14 bits per heavy atom. The second-order valence-electron chi connectivity index (χ2n) is 9.05. The Bertz CT molecular complexity index is 1710. The van der Waals surface area contributed by atoms with Gasteiger partial charge in [-0.3, -0.25) is 9.13 Å². The fraction of sp³-hybridized carbons (Fsp3) is 0.0625. The lowest BCUT2D eigenvalue weighted by Gasteiger charge is -2.14. The third-order valence-electron chi connectivity index (χ3n) is 6.82. The lowest BCUT2D eigenvalue weighted by molar-refractivity contribution is 0.878. The standard InChI is InChI=1S/C32H24N4/c1-3-11-25(12-4-1)35-29-17-9-7-15-27(29)33-31(35)23-19-21-24(22-20-23)32-34-28-16-8-10-18-30(28)36(32)26-13-5-2-6-14-26/h1-9,11-17,19-22H,10,18H2.